The summed E-state index contributed by atoms with van der Waals surface area (Å²) >= 11 is 0. The van der Waals surface area contributed by atoms with Gasteiger partial charge in [0, 0.05) is 32.7 Å². The summed E-state index contributed by atoms with van der Waals surface area (Å²) in [6.07, 6.45) is 0. The summed E-state index contributed by atoms with van der Waals surface area (Å²) in [4.78, 5) is 17.3. The second kappa shape index (κ2) is 8.37. The van der Waals surface area contributed by atoms with Gasteiger partial charge in [-0.3, -0.25) is 4.79 Å². The number of anilines is 1. The molecule has 1 N–H and O–H groups in total. The topological polar surface area (TPSA) is 126 Å². The minimum absolute atomic E-state index is 0.0577. The van der Waals surface area contributed by atoms with Crippen LogP contribution in [0.5, 0.6) is 0 Å². The van der Waals surface area contributed by atoms with Crippen LogP contribution in [0, 0.1) is 0 Å². The number of rotatable bonds is 6. The number of amides is 1. The molecule has 3 aromatic rings. The Balaban J connectivity index is 1.52. The maximum absolute atomic E-state index is 12.8. The number of aromatic nitrogens is 5. The van der Waals surface area contributed by atoms with Gasteiger partial charge in [-0.25, -0.2) is 9.67 Å². The first kappa shape index (κ1) is 22.0. The number of nitrogens with one attached hydrogen (secondary N) is 1. The maximum atomic E-state index is 12.8. The van der Waals surface area contributed by atoms with Crippen LogP contribution >= 0.6 is 0 Å². The van der Waals surface area contributed by atoms with Crippen LogP contribution in [0.25, 0.3) is 11.5 Å². The van der Waals surface area contributed by atoms with Gasteiger partial charge in [0.2, 0.25) is 5.82 Å². The van der Waals surface area contributed by atoms with Crippen LogP contribution < -0.4 is 5.32 Å². The van der Waals surface area contributed by atoms with Gasteiger partial charge in [0.1, 0.15) is 11.5 Å². The third kappa shape index (κ3) is 4.11. The lowest BCUT2D eigenvalue weighted by molar-refractivity contribution is 0.102. The zero-order valence-electron chi connectivity index (χ0n) is 18.2. The van der Waals surface area contributed by atoms with Crippen molar-refractivity contribution in [3.05, 3.63) is 53.1 Å². The van der Waals surface area contributed by atoms with E-state index in [1.165, 1.54) is 22.7 Å². The Hall–Kier alpha value is -3.22. The molecule has 1 aromatic carbocycles. The highest BCUT2D eigenvalue weighted by Crippen LogP contribution is 2.27. The predicted molar refractivity (Wildman–Crippen MR) is 118 cm³/mol. The lowest BCUT2D eigenvalue weighted by Gasteiger charge is -2.20. The number of carbonyl (C=O) groups is 1. The third-order valence-corrected chi connectivity index (χ3v) is 6.98. The van der Waals surface area contributed by atoms with Crippen LogP contribution in [0.4, 0.5) is 5.82 Å². The molecule has 32 heavy (non-hydrogen) atoms. The quantitative estimate of drug-likeness (QED) is 0.598. The molecule has 0 spiro atoms. The van der Waals surface area contributed by atoms with Crippen LogP contribution in [-0.2, 0) is 23.3 Å². The van der Waals surface area contributed by atoms with Crippen molar-refractivity contribution in [2.45, 2.75) is 33.0 Å². The predicted octanol–water partition coefficient (Wildman–Crippen LogP) is 1.69. The van der Waals surface area contributed by atoms with Gasteiger partial charge in [0.15, 0.2) is 0 Å². The molecule has 4 rings (SSSR count). The summed E-state index contributed by atoms with van der Waals surface area (Å²) in [5, 5.41) is 14.5. The Labute approximate surface area is 186 Å². The fourth-order valence-corrected chi connectivity index (χ4v) is 4.49. The lowest BCUT2D eigenvalue weighted by Crippen LogP contribution is -2.36. The molecule has 0 saturated carbocycles. The molecule has 3 heterocycles. The first-order chi connectivity index (χ1) is 15.2. The van der Waals surface area contributed by atoms with Crippen molar-refractivity contribution in [3.63, 3.8) is 0 Å². The summed E-state index contributed by atoms with van der Waals surface area (Å²) in [6.45, 7) is 4.43. The first-order valence-electron chi connectivity index (χ1n) is 10.0. The molecule has 2 aromatic heterocycles. The van der Waals surface area contributed by atoms with E-state index >= 15 is 0 Å². The number of fused-ring (bicyclic) bond motifs is 1. The van der Waals surface area contributed by atoms with Crippen molar-refractivity contribution in [2.24, 2.45) is 0 Å². The Morgan fingerprint density at radius 1 is 1.12 bits per heavy atom. The number of hydrogen-bond donors (Lipinski definition) is 1. The smallest absolute Gasteiger partial charge is 0.282 e. The third-order valence-electron chi connectivity index (χ3n) is 5.15. The molecule has 0 bridgehead atoms. The van der Waals surface area contributed by atoms with Gasteiger partial charge in [0.05, 0.1) is 6.04 Å². The highest BCUT2D eigenvalue weighted by Gasteiger charge is 2.31. The average molecular weight is 457 g/mol. The van der Waals surface area contributed by atoms with Crippen molar-refractivity contribution in [1.82, 2.24) is 33.8 Å². The maximum Gasteiger partial charge on any atom is 0.282 e. The highest BCUT2D eigenvalue weighted by molar-refractivity contribution is 7.86. The zero-order valence-corrected chi connectivity index (χ0v) is 19.0. The van der Waals surface area contributed by atoms with E-state index in [-0.39, 0.29) is 25.0 Å². The van der Waals surface area contributed by atoms with E-state index in [0.717, 1.165) is 11.1 Å². The summed E-state index contributed by atoms with van der Waals surface area (Å²) in [6, 6.07) is 10.5. The SMILES string of the molecule is CC(C)n1nnnc1-c1cccc(NC(=O)c2ccc3c(c2)CN(S(=O)(=O)N(C)C)C3)n1. The molecule has 1 amide bonds. The fraction of sp³-hybridized carbons (Fsp3) is 0.350. The molecule has 11 nitrogen and oxygen atoms in total. The standard InChI is InChI=1S/C20H24N8O3S/c1-13(2)28-19(23-24-25-28)17-6-5-7-18(21-17)22-20(29)14-8-9-15-11-27(12-16(15)10-14)32(30,31)26(3)4/h5-10,13H,11-12H2,1-4H3,(H,21,22,29). The van der Waals surface area contributed by atoms with Crippen LogP contribution in [0.3, 0.4) is 0 Å². The molecule has 12 heteroatoms. The molecular weight excluding hydrogens is 432 g/mol. The minimum Gasteiger partial charge on any atom is -0.307 e. The molecular formula is C20H24N8O3S. The van der Waals surface area contributed by atoms with E-state index in [1.54, 1.807) is 41.1 Å². The van der Waals surface area contributed by atoms with Crippen molar-refractivity contribution in [1.29, 1.82) is 0 Å². The molecule has 0 fully saturated rings. The number of benzene rings is 1. The monoisotopic (exact) mass is 456 g/mol. The molecule has 1 aliphatic rings. The van der Waals surface area contributed by atoms with Gasteiger partial charge in [-0.2, -0.15) is 17.0 Å². The summed E-state index contributed by atoms with van der Waals surface area (Å²) in [5.74, 6) is 0.536. The first-order valence-corrected chi connectivity index (χ1v) is 11.4. The molecule has 0 radical (unpaired) electrons. The van der Waals surface area contributed by atoms with Crippen LogP contribution in [0.15, 0.2) is 36.4 Å². The Morgan fingerprint density at radius 2 is 1.88 bits per heavy atom. The van der Waals surface area contributed by atoms with Crippen molar-refractivity contribution in [2.75, 3.05) is 19.4 Å². The number of hydrogen-bond acceptors (Lipinski definition) is 7. The molecule has 0 aliphatic carbocycles. The largest absolute Gasteiger partial charge is 0.307 e. The summed E-state index contributed by atoms with van der Waals surface area (Å²) in [7, 11) is -0.528. The average Bonchev–Trinajstić information content (AvgIpc) is 3.41. The molecule has 0 saturated heterocycles. The van der Waals surface area contributed by atoms with Crippen LogP contribution in [0.1, 0.15) is 41.4 Å². The van der Waals surface area contributed by atoms with E-state index in [0.29, 0.717) is 22.9 Å². The number of nitrogens with zero attached hydrogens (tertiary/aromatic N) is 7. The molecule has 0 atom stereocenters. The summed E-state index contributed by atoms with van der Waals surface area (Å²) < 4.78 is 29.0. The van der Waals surface area contributed by atoms with Gasteiger partial charge >= 0.3 is 0 Å². The second-order valence-corrected chi connectivity index (χ2v) is 10.1. The van der Waals surface area contributed by atoms with E-state index in [2.05, 4.69) is 25.8 Å². The lowest BCUT2D eigenvalue weighted by atomic mass is 10.1. The van der Waals surface area contributed by atoms with Gasteiger partial charge in [-0.15, -0.1) is 5.10 Å². The van der Waals surface area contributed by atoms with E-state index in [9.17, 15) is 13.2 Å². The zero-order chi connectivity index (χ0) is 23.0. The number of carbonyl (C=O) groups excluding carboxylic acids is 1. The van der Waals surface area contributed by atoms with Gasteiger partial charge in [-0.1, -0.05) is 12.1 Å². The van der Waals surface area contributed by atoms with E-state index in [1.807, 2.05) is 13.8 Å². The number of tetrazole rings is 1. The van der Waals surface area contributed by atoms with E-state index < -0.39 is 10.2 Å². The normalized spacial score (nSPS) is 14.2. The molecule has 168 valence electrons. The number of pyridine rings is 1. The second-order valence-electron chi connectivity index (χ2n) is 7.94. The van der Waals surface area contributed by atoms with Crippen LogP contribution in [0.2, 0.25) is 0 Å². The molecule has 0 unspecified atom stereocenters. The Kier molecular flexibility index (Phi) is 5.75. The van der Waals surface area contributed by atoms with Gasteiger partial charge in [0.25, 0.3) is 16.1 Å². The molecule has 1 aliphatic heterocycles. The Bertz CT molecular complexity index is 1270. The minimum atomic E-state index is -3.52. The fourth-order valence-electron chi connectivity index (χ4n) is 3.43. The van der Waals surface area contributed by atoms with E-state index in [4.69, 9.17) is 0 Å². The highest BCUT2D eigenvalue weighted by atomic mass is 32.2. The van der Waals surface area contributed by atoms with Crippen molar-refractivity contribution in [3.8, 4) is 11.5 Å². The van der Waals surface area contributed by atoms with Gasteiger partial charge < -0.3 is 5.32 Å². The summed E-state index contributed by atoms with van der Waals surface area (Å²) in [5.41, 5.74) is 2.65. The van der Waals surface area contributed by atoms with Crippen molar-refractivity contribution >= 4 is 21.9 Å². The van der Waals surface area contributed by atoms with Gasteiger partial charge in [-0.05, 0) is 59.7 Å². The van der Waals surface area contributed by atoms with Crippen LogP contribution in [-0.4, -0.2) is 62.2 Å². The van der Waals surface area contributed by atoms with Crippen molar-refractivity contribution < 1.29 is 13.2 Å². The Morgan fingerprint density at radius 3 is 2.59 bits per heavy atom.